The van der Waals surface area contributed by atoms with Gasteiger partial charge in [0.2, 0.25) is 0 Å². The highest BCUT2D eigenvalue weighted by molar-refractivity contribution is 5.98. The molecule has 1 aliphatic rings. The molecule has 25 heavy (non-hydrogen) atoms. The van der Waals surface area contributed by atoms with Crippen molar-refractivity contribution in [2.75, 3.05) is 50.2 Å². The number of amides is 1. The quantitative estimate of drug-likeness (QED) is 0.884. The second-order valence-corrected chi connectivity index (χ2v) is 6.04. The average Bonchev–Trinajstić information content (AvgIpc) is 2.67. The minimum absolute atomic E-state index is 0.136. The van der Waals surface area contributed by atoms with E-state index in [1.807, 2.05) is 37.2 Å². The van der Waals surface area contributed by atoms with Crippen LogP contribution in [0.2, 0.25) is 0 Å². The Labute approximate surface area is 147 Å². The Balaban J connectivity index is 1.74. The Morgan fingerprint density at radius 2 is 1.92 bits per heavy atom. The number of morpholine rings is 1. The van der Waals surface area contributed by atoms with Gasteiger partial charge in [-0.2, -0.15) is 0 Å². The largest absolute Gasteiger partial charge is 0.378 e. The van der Waals surface area contributed by atoms with E-state index in [2.05, 4.69) is 20.2 Å². The molecule has 1 aliphatic heterocycles. The maximum Gasteiger partial charge on any atom is 0.255 e. The predicted octanol–water partition coefficient (Wildman–Crippen LogP) is 1.31. The number of hydrogen-bond acceptors (Lipinski definition) is 6. The minimum Gasteiger partial charge on any atom is -0.378 e. The Bertz CT molecular complexity index is 729. The van der Waals surface area contributed by atoms with Crippen LogP contribution in [0.25, 0.3) is 0 Å². The molecule has 1 fully saturated rings. The van der Waals surface area contributed by atoms with E-state index >= 15 is 0 Å². The molecule has 0 bridgehead atoms. The van der Waals surface area contributed by atoms with E-state index in [4.69, 9.17) is 4.74 Å². The van der Waals surface area contributed by atoms with Gasteiger partial charge in [-0.15, -0.1) is 0 Å². The van der Waals surface area contributed by atoms with Crippen molar-refractivity contribution in [1.82, 2.24) is 15.3 Å². The van der Waals surface area contributed by atoms with Crippen LogP contribution in [-0.4, -0.2) is 56.3 Å². The number of aromatic nitrogens is 2. The number of hydrogen-bond donors (Lipinski definition) is 1. The summed E-state index contributed by atoms with van der Waals surface area (Å²) in [4.78, 5) is 25.5. The van der Waals surface area contributed by atoms with E-state index in [0.29, 0.717) is 31.1 Å². The first-order valence-electron chi connectivity index (χ1n) is 8.34. The van der Waals surface area contributed by atoms with Crippen LogP contribution >= 0.6 is 0 Å². The number of rotatable bonds is 5. The molecule has 0 spiro atoms. The summed E-state index contributed by atoms with van der Waals surface area (Å²) < 4.78 is 5.38. The first-order chi connectivity index (χ1) is 12.2. The lowest BCUT2D eigenvalue weighted by atomic mass is 10.2. The topological polar surface area (TPSA) is 70.6 Å². The van der Waals surface area contributed by atoms with Crippen molar-refractivity contribution < 1.29 is 9.53 Å². The third-order valence-electron chi connectivity index (χ3n) is 4.07. The normalized spacial score (nSPS) is 14.2. The number of anilines is 2. The molecule has 0 saturated carbocycles. The summed E-state index contributed by atoms with van der Waals surface area (Å²) in [5, 5.41) is 2.99. The summed E-state index contributed by atoms with van der Waals surface area (Å²) in [7, 11) is 3.87. The highest BCUT2D eigenvalue weighted by atomic mass is 16.5. The molecule has 3 rings (SSSR count). The maximum absolute atomic E-state index is 12.7. The van der Waals surface area contributed by atoms with Gasteiger partial charge in [0, 0.05) is 51.7 Å². The van der Waals surface area contributed by atoms with Gasteiger partial charge in [0.1, 0.15) is 11.6 Å². The van der Waals surface area contributed by atoms with Crippen molar-refractivity contribution in [3.63, 3.8) is 0 Å². The molecule has 2 aromatic rings. The van der Waals surface area contributed by atoms with Crippen LogP contribution in [0.15, 0.2) is 36.7 Å². The van der Waals surface area contributed by atoms with Gasteiger partial charge < -0.3 is 19.9 Å². The van der Waals surface area contributed by atoms with Gasteiger partial charge in [-0.1, -0.05) is 6.07 Å². The first-order valence-corrected chi connectivity index (χ1v) is 8.34. The second-order valence-electron chi connectivity index (χ2n) is 6.04. The van der Waals surface area contributed by atoms with Crippen molar-refractivity contribution in [2.45, 2.75) is 6.54 Å². The van der Waals surface area contributed by atoms with Crippen LogP contribution in [-0.2, 0) is 11.3 Å². The molecule has 0 unspecified atom stereocenters. The number of nitrogens with zero attached hydrogens (tertiary/aromatic N) is 4. The summed E-state index contributed by atoms with van der Waals surface area (Å²) in [6, 6.07) is 7.43. The number of carbonyl (C=O) groups excluding carboxylic acids is 1. The fourth-order valence-corrected chi connectivity index (χ4v) is 2.84. The highest BCUT2D eigenvalue weighted by Gasteiger charge is 2.20. The van der Waals surface area contributed by atoms with Crippen LogP contribution in [0, 0.1) is 0 Å². The van der Waals surface area contributed by atoms with Crippen LogP contribution < -0.4 is 15.1 Å². The van der Waals surface area contributed by atoms with Crippen molar-refractivity contribution in [3.05, 3.63) is 47.8 Å². The molecule has 0 aliphatic carbocycles. The molecule has 0 radical (unpaired) electrons. The molecule has 1 N–H and O–H groups in total. The molecule has 0 atom stereocenters. The fourth-order valence-electron chi connectivity index (χ4n) is 2.84. The van der Waals surface area contributed by atoms with Gasteiger partial charge in [0.05, 0.1) is 18.8 Å². The van der Waals surface area contributed by atoms with Crippen molar-refractivity contribution in [3.8, 4) is 0 Å². The van der Waals surface area contributed by atoms with Crippen LogP contribution in [0.3, 0.4) is 0 Å². The maximum atomic E-state index is 12.7. The standard InChI is InChI=1S/C18H23N5O2/c1-22(2)16-14(5-3-7-19-16)13-21-18(24)15-6-4-8-20-17(15)23-9-11-25-12-10-23/h3-8H,9-13H2,1-2H3,(H,21,24). The van der Waals surface area contributed by atoms with E-state index in [0.717, 1.165) is 24.5 Å². The molecular weight excluding hydrogens is 318 g/mol. The Hall–Kier alpha value is -2.67. The smallest absolute Gasteiger partial charge is 0.255 e. The van der Waals surface area contributed by atoms with Crippen molar-refractivity contribution >= 4 is 17.5 Å². The third-order valence-corrected chi connectivity index (χ3v) is 4.07. The molecule has 1 amide bonds. The van der Waals surface area contributed by atoms with Gasteiger partial charge in [0.15, 0.2) is 0 Å². The highest BCUT2D eigenvalue weighted by Crippen LogP contribution is 2.19. The lowest BCUT2D eigenvalue weighted by Gasteiger charge is -2.29. The van der Waals surface area contributed by atoms with Gasteiger partial charge >= 0.3 is 0 Å². The molecule has 132 valence electrons. The van der Waals surface area contributed by atoms with E-state index in [1.54, 1.807) is 18.5 Å². The summed E-state index contributed by atoms with van der Waals surface area (Å²) in [5.74, 6) is 1.42. The van der Waals surface area contributed by atoms with Gasteiger partial charge in [-0.25, -0.2) is 9.97 Å². The number of nitrogens with one attached hydrogen (secondary N) is 1. The number of pyridine rings is 2. The zero-order chi connectivity index (χ0) is 17.6. The lowest BCUT2D eigenvalue weighted by molar-refractivity contribution is 0.0949. The Morgan fingerprint density at radius 1 is 1.20 bits per heavy atom. The second kappa shape index (κ2) is 7.94. The van der Waals surface area contributed by atoms with E-state index in [9.17, 15) is 4.79 Å². The summed E-state index contributed by atoms with van der Waals surface area (Å²) in [6.45, 7) is 3.20. The zero-order valence-electron chi connectivity index (χ0n) is 14.6. The fraction of sp³-hybridized carbons (Fsp3) is 0.389. The summed E-state index contributed by atoms with van der Waals surface area (Å²) in [5.41, 5.74) is 1.55. The SMILES string of the molecule is CN(C)c1ncccc1CNC(=O)c1cccnc1N1CCOCC1. The Kier molecular flexibility index (Phi) is 5.45. The molecule has 0 aromatic carbocycles. The van der Waals surface area contributed by atoms with E-state index < -0.39 is 0 Å². The number of carbonyl (C=O) groups is 1. The van der Waals surface area contributed by atoms with Crippen molar-refractivity contribution in [1.29, 1.82) is 0 Å². The van der Waals surface area contributed by atoms with E-state index in [-0.39, 0.29) is 5.91 Å². The van der Waals surface area contributed by atoms with Gasteiger partial charge in [0.25, 0.3) is 5.91 Å². The lowest BCUT2D eigenvalue weighted by Crippen LogP contribution is -2.38. The summed E-state index contributed by atoms with van der Waals surface area (Å²) >= 11 is 0. The van der Waals surface area contributed by atoms with Crippen LogP contribution in [0.5, 0.6) is 0 Å². The Morgan fingerprint density at radius 3 is 2.68 bits per heavy atom. The number of ether oxygens (including phenoxy) is 1. The molecular formula is C18H23N5O2. The van der Waals surface area contributed by atoms with E-state index in [1.165, 1.54) is 0 Å². The predicted molar refractivity (Wildman–Crippen MR) is 97.0 cm³/mol. The minimum atomic E-state index is -0.136. The molecule has 1 saturated heterocycles. The monoisotopic (exact) mass is 341 g/mol. The first kappa shape index (κ1) is 17.2. The van der Waals surface area contributed by atoms with Crippen LogP contribution in [0.4, 0.5) is 11.6 Å². The molecule has 2 aromatic heterocycles. The van der Waals surface area contributed by atoms with Gasteiger partial charge in [-0.3, -0.25) is 4.79 Å². The third kappa shape index (κ3) is 4.06. The zero-order valence-corrected chi connectivity index (χ0v) is 14.6. The summed E-state index contributed by atoms with van der Waals surface area (Å²) in [6.07, 6.45) is 3.46. The molecule has 3 heterocycles. The molecule has 7 nitrogen and oxygen atoms in total. The van der Waals surface area contributed by atoms with Crippen LogP contribution in [0.1, 0.15) is 15.9 Å². The average molecular weight is 341 g/mol. The molecule has 7 heteroatoms. The van der Waals surface area contributed by atoms with Crippen molar-refractivity contribution in [2.24, 2.45) is 0 Å². The van der Waals surface area contributed by atoms with Gasteiger partial charge in [-0.05, 0) is 18.2 Å².